The summed E-state index contributed by atoms with van der Waals surface area (Å²) in [5, 5.41) is 18.9. The van der Waals surface area contributed by atoms with Crippen molar-refractivity contribution in [2.45, 2.75) is 6.61 Å². The van der Waals surface area contributed by atoms with E-state index in [0.717, 1.165) is 0 Å². The van der Waals surface area contributed by atoms with Gasteiger partial charge in [-0.2, -0.15) is 0 Å². The van der Waals surface area contributed by atoms with Crippen molar-refractivity contribution in [3.8, 4) is 5.75 Å². The lowest BCUT2D eigenvalue weighted by Crippen LogP contribution is -1.95. The smallest absolute Gasteiger partial charge is 0.269 e. The normalized spacial score (nSPS) is 10.1. The highest BCUT2D eigenvalue weighted by Gasteiger charge is 2.05. The second-order valence-corrected chi connectivity index (χ2v) is 4.17. The van der Waals surface area contributed by atoms with Crippen LogP contribution in [-0.4, -0.2) is 15.1 Å². The molecule has 0 saturated carbocycles. The minimum absolute atomic E-state index is 0.0255. The fourth-order valence-corrected chi connectivity index (χ4v) is 1.66. The Labute approximate surface area is 100 Å². The van der Waals surface area contributed by atoms with Gasteiger partial charge < -0.3 is 10.5 Å². The molecule has 0 radical (unpaired) electrons. The maximum absolute atomic E-state index is 10.4. The average Bonchev–Trinajstić information content (AvgIpc) is 2.73. The summed E-state index contributed by atoms with van der Waals surface area (Å²) < 4.78 is 5.37. The van der Waals surface area contributed by atoms with Crippen molar-refractivity contribution in [3.05, 3.63) is 39.4 Å². The van der Waals surface area contributed by atoms with Crippen molar-refractivity contribution < 1.29 is 9.66 Å². The Hall–Kier alpha value is -2.22. The summed E-state index contributed by atoms with van der Waals surface area (Å²) in [4.78, 5) is 9.97. The molecule has 0 saturated heterocycles. The number of rotatable bonds is 4. The number of ether oxygens (including phenoxy) is 1. The number of anilines is 1. The van der Waals surface area contributed by atoms with E-state index in [4.69, 9.17) is 10.5 Å². The molecule has 8 heteroatoms. The number of non-ortho nitro benzene ring substituents is 1. The lowest BCUT2D eigenvalue weighted by Gasteiger charge is -2.02. The standard InChI is InChI=1S/C9H8N4O3S/c10-9-12-11-8(17-9)5-16-7-3-1-6(2-4-7)13(14)15/h1-4H,5H2,(H2,10,12). The second kappa shape index (κ2) is 4.74. The zero-order valence-electron chi connectivity index (χ0n) is 8.57. The molecule has 0 amide bonds. The van der Waals surface area contributed by atoms with Crippen LogP contribution in [0.4, 0.5) is 10.8 Å². The summed E-state index contributed by atoms with van der Waals surface area (Å²) in [5.41, 5.74) is 5.44. The molecule has 0 spiro atoms. The van der Waals surface area contributed by atoms with Gasteiger partial charge in [0.05, 0.1) is 4.92 Å². The lowest BCUT2D eigenvalue weighted by atomic mass is 10.3. The van der Waals surface area contributed by atoms with Crippen LogP contribution in [0.3, 0.4) is 0 Å². The Morgan fingerprint density at radius 2 is 2.06 bits per heavy atom. The molecule has 17 heavy (non-hydrogen) atoms. The van der Waals surface area contributed by atoms with Gasteiger partial charge in [-0.05, 0) is 12.1 Å². The first kappa shape index (κ1) is 11.3. The van der Waals surface area contributed by atoms with Crippen molar-refractivity contribution in [2.24, 2.45) is 0 Å². The van der Waals surface area contributed by atoms with E-state index in [9.17, 15) is 10.1 Å². The quantitative estimate of drug-likeness (QED) is 0.654. The van der Waals surface area contributed by atoms with E-state index in [1.807, 2.05) is 0 Å². The summed E-state index contributed by atoms with van der Waals surface area (Å²) >= 11 is 1.24. The van der Waals surface area contributed by atoms with Crippen molar-refractivity contribution in [2.75, 3.05) is 5.73 Å². The highest BCUT2D eigenvalue weighted by molar-refractivity contribution is 7.15. The summed E-state index contributed by atoms with van der Waals surface area (Å²) in [6, 6.07) is 5.82. The molecular weight excluding hydrogens is 244 g/mol. The molecule has 0 aliphatic carbocycles. The molecule has 88 valence electrons. The van der Waals surface area contributed by atoms with E-state index >= 15 is 0 Å². The molecule has 7 nitrogen and oxygen atoms in total. The van der Waals surface area contributed by atoms with Crippen LogP contribution in [0, 0.1) is 10.1 Å². The second-order valence-electron chi connectivity index (χ2n) is 3.07. The largest absolute Gasteiger partial charge is 0.486 e. The monoisotopic (exact) mass is 252 g/mol. The predicted molar refractivity (Wildman–Crippen MR) is 61.7 cm³/mol. The first-order valence-corrected chi connectivity index (χ1v) is 5.42. The van der Waals surface area contributed by atoms with E-state index in [1.165, 1.54) is 35.6 Å². The Morgan fingerprint density at radius 3 is 2.59 bits per heavy atom. The number of nitrogen functional groups attached to an aromatic ring is 1. The Kier molecular flexibility index (Phi) is 3.15. The van der Waals surface area contributed by atoms with Crippen LogP contribution in [0.5, 0.6) is 5.75 Å². The van der Waals surface area contributed by atoms with Gasteiger partial charge in [0.1, 0.15) is 12.4 Å². The van der Waals surface area contributed by atoms with Gasteiger partial charge in [0.25, 0.3) is 5.69 Å². The van der Waals surface area contributed by atoms with Gasteiger partial charge >= 0.3 is 0 Å². The van der Waals surface area contributed by atoms with Gasteiger partial charge in [-0.15, -0.1) is 10.2 Å². The predicted octanol–water partition coefficient (Wildman–Crippen LogP) is 1.61. The van der Waals surface area contributed by atoms with E-state index in [0.29, 0.717) is 15.9 Å². The lowest BCUT2D eigenvalue weighted by molar-refractivity contribution is -0.384. The molecule has 2 N–H and O–H groups in total. The van der Waals surface area contributed by atoms with Crippen LogP contribution in [0.1, 0.15) is 5.01 Å². The highest BCUT2D eigenvalue weighted by Crippen LogP contribution is 2.19. The molecule has 2 rings (SSSR count). The number of nitro groups is 1. The number of benzene rings is 1. The number of nitrogens with zero attached hydrogens (tertiary/aromatic N) is 3. The van der Waals surface area contributed by atoms with Crippen LogP contribution >= 0.6 is 11.3 Å². The molecule has 0 aliphatic heterocycles. The molecule has 1 aromatic carbocycles. The number of hydrogen-bond acceptors (Lipinski definition) is 7. The fraction of sp³-hybridized carbons (Fsp3) is 0.111. The Balaban J connectivity index is 1.97. The van der Waals surface area contributed by atoms with Gasteiger partial charge in [0.15, 0.2) is 5.01 Å². The number of aromatic nitrogens is 2. The maximum Gasteiger partial charge on any atom is 0.269 e. The van der Waals surface area contributed by atoms with Gasteiger partial charge in [-0.25, -0.2) is 0 Å². The van der Waals surface area contributed by atoms with Gasteiger partial charge in [-0.1, -0.05) is 11.3 Å². The SMILES string of the molecule is Nc1nnc(COc2ccc([N+](=O)[O-])cc2)s1. The zero-order chi connectivity index (χ0) is 12.3. The molecule has 0 bridgehead atoms. The third-order valence-electron chi connectivity index (χ3n) is 1.89. The van der Waals surface area contributed by atoms with Crippen molar-refractivity contribution >= 4 is 22.2 Å². The summed E-state index contributed by atoms with van der Waals surface area (Å²) in [5.74, 6) is 0.532. The van der Waals surface area contributed by atoms with E-state index in [1.54, 1.807) is 0 Å². The highest BCUT2D eigenvalue weighted by atomic mass is 32.1. The van der Waals surface area contributed by atoms with E-state index in [2.05, 4.69) is 10.2 Å². The minimum Gasteiger partial charge on any atom is -0.486 e. The topological polar surface area (TPSA) is 104 Å². The molecule has 0 aliphatic rings. The molecule has 0 unspecified atom stereocenters. The third kappa shape index (κ3) is 2.88. The van der Waals surface area contributed by atoms with Crippen LogP contribution in [-0.2, 0) is 6.61 Å². The van der Waals surface area contributed by atoms with Crippen LogP contribution in [0.2, 0.25) is 0 Å². The van der Waals surface area contributed by atoms with Gasteiger partial charge in [-0.3, -0.25) is 10.1 Å². The minimum atomic E-state index is -0.463. The van der Waals surface area contributed by atoms with E-state index < -0.39 is 4.92 Å². The first-order chi connectivity index (χ1) is 8.15. The molecule has 2 aromatic rings. The molecule has 1 heterocycles. The van der Waals surface area contributed by atoms with E-state index in [-0.39, 0.29) is 12.3 Å². The fourth-order valence-electron chi connectivity index (χ4n) is 1.13. The maximum atomic E-state index is 10.4. The number of nitrogens with two attached hydrogens (primary N) is 1. The number of nitro benzene ring substituents is 1. The van der Waals surface area contributed by atoms with Crippen LogP contribution in [0.15, 0.2) is 24.3 Å². The molecule has 1 aromatic heterocycles. The first-order valence-electron chi connectivity index (χ1n) is 4.60. The van der Waals surface area contributed by atoms with Crippen molar-refractivity contribution in [1.82, 2.24) is 10.2 Å². The number of hydrogen-bond donors (Lipinski definition) is 1. The van der Waals surface area contributed by atoms with Gasteiger partial charge in [0.2, 0.25) is 5.13 Å². The summed E-state index contributed by atoms with van der Waals surface area (Å²) in [6.07, 6.45) is 0. The Morgan fingerprint density at radius 1 is 1.35 bits per heavy atom. The summed E-state index contributed by atoms with van der Waals surface area (Å²) in [7, 11) is 0. The summed E-state index contributed by atoms with van der Waals surface area (Å²) in [6.45, 7) is 0.243. The molecule has 0 fully saturated rings. The molecular formula is C9H8N4O3S. The molecule has 0 atom stereocenters. The van der Waals surface area contributed by atoms with Crippen molar-refractivity contribution in [3.63, 3.8) is 0 Å². The Bertz CT molecular complexity index is 525. The van der Waals surface area contributed by atoms with Crippen molar-refractivity contribution in [1.29, 1.82) is 0 Å². The zero-order valence-corrected chi connectivity index (χ0v) is 9.38. The average molecular weight is 252 g/mol. The van der Waals surface area contributed by atoms with Crippen LogP contribution in [0.25, 0.3) is 0 Å². The van der Waals surface area contributed by atoms with Crippen LogP contribution < -0.4 is 10.5 Å². The van der Waals surface area contributed by atoms with Gasteiger partial charge in [0, 0.05) is 12.1 Å². The third-order valence-corrected chi connectivity index (χ3v) is 2.62.